The van der Waals surface area contributed by atoms with Crippen molar-refractivity contribution in [2.45, 2.75) is 5.41 Å². The molecule has 7 aromatic carbocycles. The SMILES string of the molecule is Fc1ccc([Si](c2ccc(F)cc2)(c2ccc(F)cc2)c2ccc3c(c2)-c2ccccc2C32c3ccccc3-c3ccccc32)cc1. The molecule has 0 unspecified atom stereocenters. The molecule has 224 valence electrons. The van der Waals surface area contributed by atoms with Crippen molar-refractivity contribution in [2.75, 3.05) is 0 Å². The maximum Gasteiger partial charge on any atom is 0.179 e. The number of benzene rings is 7. The van der Waals surface area contributed by atoms with Gasteiger partial charge in [-0.1, -0.05) is 127 Å². The summed E-state index contributed by atoms with van der Waals surface area (Å²) in [5.41, 5.74) is 9.26. The number of rotatable bonds is 4. The van der Waals surface area contributed by atoms with Gasteiger partial charge in [0, 0.05) is 0 Å². The van der Waals surface area contributed by atoms with Crippen LogP contribution < -0.4 is 20.7 Å². The molecular weight excluding hydrogens is 602 g/mol. The predicted octanol–water partition coefficient (Wildman–Crippen LogP) is 7.82. The maximum absolute atomic E-state index is 14.5. The van der Waals surface area contributed by atoms with Gasteiger partial charge < -0.3 is 0 Å². The van der Waals surface area contributed by atoms with Crippen LogP contribution in [0.4, 0.5) is 13.2 Å². The topological polar surface area (TPSA) is 0 Å². The van der Waals surface area contributed by atoms with Gasteiger partial charge in [0.05, 0.1) is 5.41 Å². The van der Waals surface area contributed by atoms with Crippen LogP contribution in [0.5, 0.6) is 0 Å². The van der Waals surface area contributed by atoms with E-state index >= 15 is 0 Å². The number of halogens is 3. The molecule has 9 rings (SSSR count). The first-order valence-electron chi connectivity index (χ1n) is 15.8. The molecule has 0 amide bonds. The predicted molar refractivity (Wildman–Crippen MR) is 186 cm³/mol. The van der Waals surface area contributed by atoms with E-state index in [2.05, 4.69) is 91.0 Å². The summed E-state index contributed by atoms with van der Waals surface area (Å²) in [5, 5.41) is 3.83. The molecular formula is C43H27F3Si. The molecule has 2 aliphatic rings. The van der Waals surface area contributed by atoms with Gasteiger partial charge in [-0.15, -0.1) is 0 Å². The summed E-state index contributed by atoms with van der Waals surface area (Å²) in [6, 6.07) is 52.7. The Kier molecular flexibility index (Phi) is 6.08. The number of fused-ring (bicyclic) bond motifs is 10. The fourth-order valence-corrected chi connectivity index (χ4v) is 13.1. The van der Waals surface area contributed by atoms with Crippen molar-refractivity contribution >= 4 is 28.8 Å². The third-order valence-corrected chi connectivity index (χ3v) is 15.0. The molecule has 1 spiro atoms. The molecule has 0 atom stereocenters. The molecule has 0 N–H and O–H groups in total. The highest BCUT2D eigenvalue weighted by Gasteiger charge is 2.52. The van der Waals surface area contributed by atoms with Crippen molar-refractivity contribution in [3.05, 3.63) is 203 Å². The van der Waals surface area contributed by atoms with Crippen LogP contribution in [0.15, 0.2) is 164 Å². The van der Waals surface area contributed by atoms with E-state index in [9.17, 15) is 13.2 Å². The molecule has 0 fully saturated rings. The number of hydrogen-bond donors (Lipinski definition) is 0. The summed E-state index contributed by atoms with van der Waals surface area (Å²) in [4.78, 5) is 0. The van der Waals surface area contributed by atoms with Crippen molar-refractivity contribution in [1.29, 1.82) is 0 Å². The van der Waals surface area contributed by atoms with Crippen LogP contribution in [0.3, 0.4) is 0 Å². The first-order valence-corrected chi connectivity index (χ1v) is 17.8. The Morgan fingerprint density at radius 1 is 0.319 bits per heavy atom. The molecule has 4 heteroatoms. The van der Waals surface area contributed by atoms with Crippen LogP contribution in [0.1, 0.15) is 22.3 Å². The van der Waals surface area contributed by atoms with Gasteiger partial charge in [0.2, 0.25) is 0 Å². The van der Waals surface area contributed by atoms with E-state index in [-0.39, 0.29) is 17.5 Å². The normalized spacial score (nSPS) is 13.6. The van der Waals surface area contributed by atoms with Gasteiger partial charge in [-0.05, 0) is 102 Å². The standard InChI is InChI=1S/C43H27F3Si/c44-28-13-19-31(20-14-28)47(32-21-15-29(45)16-22-32,33-23-17-30(46)18-24-33)34-25-26-42-38(27-34)37-9-3-6-12-41(37)43(42)39-10-4-1-7-35(39)36-8-2-5-11-40(36)43/h1-27H. The second kappa shape index (κ2) is 10.3. The maximum atomic E-state index is 14.5. The summed E-state index contributed by atoms with van der Waals surface area (Å²) in [6.07, 6.45) is 0. The van der Waals surface area contributed by atoms with Crippen LogP contribution in [-0.2, 0) is 5.41 Å². The van der Waals surface area contributed by atoms with Crippen molar-refractivity contribution < 1.29 is 13.2 Å². The van der Waals surface area contributed by atoms with Gasteiger partial charge in [0.15, 0.2) is 8.07 Å². The molecule has 0 nitrogen and oxygen atoms in total. The fraction of sp³-hybridized carbons (Fsp3) is 0.0233. The quantitative estimate of drug-likeness (QED) is 0.138. The Balaban J connectivity index is 1.40. The molecule has 47 heavy (non-hydrogen) atoms. The molecule has 0 radical (unpaired) electrons. The molecule has 2 aliphatic carbocycles. The zero-order valence-corrected chi connectivity index (χ0v) is 26.2. The van der Waals surface area contributed by atoms with Crippen molar-refractivity contribution in [2.24, 2.45) is 0 Å². The smallest absolute Gasteiger partial charge is 0.179 e. The minimum Gasteiger partial charge on any atom is -0.207 e. The van der Waals surface area contributed by atoms with Gasteiger partial charge in [-0.3, -0.25) is 0 Å². The Labute approximate surface area is 272 Å². The summed E-state index contributed by atoms with van der Waals surface area (Å²) in [6.45, 7) is 0. The third-order valence-electron chi connectivity index (χ3n) is 10.3. The zero-order valence-electron chi connectivity index (χ0n) is 25.2. The highest BCUT2D eigenvalue weighted by Crippen LogP contribution is 2.62. The zero-order chi connectivity index (χ0) is 31.8. The molecule has 7 aromatic rings. The van der Waals surface area contributed by atoms with Gasteiger partial charge in [-0.2, -0.15) is 0 Å². The average molecular weight is 629 g/mol. The summed E-state index contributed by atoms with van der Waals surface area (Å²) < 4.78 is 43.4. The Morgan fingerprint density at radius 3 is 1.04 bits per heavy atom. The van der Waals surface area contributed by atoms with Crippen LogP contribution >= 0.6 is 0 Å². The lowest BCUT2D eigenvalue weighted by Crippen LogP contribution is -2.74. The second-order valence-corrected chi connectivity index (χ2v) is 16.2. The van der Waals surface area contributed by atoms with Crippen LogP contribution in [-0.4, -0.2) is 8.07 Å². The van der Waals surface area contributed by atoms with Crippen molar-refractivity contribution in [3.63, 3.8) is 0 Å². The van der Waals surface area contributed by atoms with E-state index in [4.69, 9.17) is 0 Å². The molecule has 0 aromatic heterocycles. The lowest BCUT2D eigenvalue weighted by atomic mass is 9.70. The van der Waals surface area contributed by atoms with Gasteiger partial charge in [0.1, 0.15) is 17.5 Å². The summed E-state index contributed by atoms with van der Waals surface area (Å²) in [7, 11) is -3.23. The minimum absolute atomic E-state index is 0.335. The van der Waals surface area contributed by atoms with Gasteiger partial charge in [-0.25, -0.2) is 13.2 Å². The lowest BCUT2D eigenvalue weighted by Gasteiger charge is -2.35. The van der Waals surface area contributed by atoms with E-state index in [1.54, 1.807) is 0 Å². The molecule has 0 heterocycles. The largest absolute Gasteiger partial charge is 0.207 e. The van der Waals surface area contributed by atoms with Gasteiger partial charge in [0.25, 0.3) is 0 Å². The van der Waals surface area contributed by atoms with E-state index in [0.717, 1.165) is 31.9 Å². The summed E-state index contributed by atoms with van der Waals surface area (Å²) in [5.74, 6) is -1.00. The van der Waals surface area contributed by atoms with E-state index in [0.29, 0.717) is 0 Å². The van der Waals surface area contributed by atoms with Crippen LogP contribution in [0, 0.1) is 17.5 Å². The summed E-state index contributed by atoms with van der Waals surface area (Å²) >= 11 is 0. The van der Waals surface area contributed by atoms with Crippen molar-refractivity contribution in [3.8, 4) is 22.3 Å². The molecule has 0 saturated heterocycles. The second-order valence-electron chi connectivity index (χ2n) is 12.4. The highest BCUT2D eigenvalue weighted by atomic mass is 28.3. The Bertz CT molecular complexity index is 2170. The lowest BCUT2D eigenvalue weighted by molar-refractivity contribution is 0.628. The first-order chi connectivity index (χ1) is 23.0. The molecule has 0 saturated carbocycles. The van der Waals surface area contributed by atoms with Crippen molar-refractivity contribution in [1.82, 2.24) is 0 Å². The molecule has 0 bridgehead atoms. The first kappa shape index (κ1) is 27.8. The minimum atomic E-state index is -3.23. The van der Waals surface area contributed by atoms with Gasteiger partial charge >= 0.3 is 0 Å². The Hall–Kier alpha value is -5.45. The highest BCUT2D eigenvalue weighted by molar-refractivity contribution is 7.19. The van der Waals surface area contributed by atoms with Crippen LogP contribution in [0.2, 0.25) is 0 Å². The van der Waals surface area contributed by atoms with E-state index in [1.807, 2.05) is 36.4 Å². The van der Waals surface area contributed by atoms with E-state index in [1.165, 1.54) is 69.8 Å². The fourth-order valence-electron chi connectivity index (χ4n) is 8.43. The third kappa shape index (κ3) is 3.76. The van der Waals surface area contributed by atoms with Crippen LogP contribution in [0.25, 0.3) is 22.3 Å². The Morgan fingerprint density at radius 2 is 0.638 bits per heavy atom. The average Bonchev–Trinajstić information content (AvgIpc) is 3.58. The number of hydrogen-bond acceptors (Lipinski definition) is 0. The molecule has 0 aliphatic heterocycles. The monoisotopic (exact) mass is 628 g/mol. The van der Waals surface area contributed by atoms with E-state index < -0.39 is 13.5 Å².